The van der Waals surface area contributed by atoms with Crippen LogP contribution in [0.1, 0.15) is 11.1 Å². The predicted molar refractivity (Wildman–Crippen MR) is 123 cm³/mol. The maximum Gasteiger partial charge on any atom is 0.144 e. The molecular weight excluding hydrogens is 386 g/mol. The van der Waals surface area contributed by atoms with E-state index in [0.717, 1.165) is 17.5 Å². The minimum atomic E-state index is -0.486. The molecule has 0 amide bonds. The van der Waals surface area contributed by atoms with Crippen LogP contribution in [0, 0.1) is 0 Å². The van der Waals surface area contributed by atoms with Gasteiger partial charge in [0.15, 0.2) is 0 Å². The molecule has 5 aromatic rings. The molecule has 5 rings (SSSR count). The van der Waals surface area contributed by atoms with Crippen molar-refractivity contribution in [2.24, 2.45) is 0 Å². The summed E-state index contributed by atoms with van der Waals surface area (Å²) in [4.78, 5) is 0.706. The van der Waals surface area contributed by atoms with Crippen LogP contribution in [0.3, 0.4) is 0 Å². The van der Waals surface area contributed by atoms with Crippen molar-refractivity contribution >= 4 is 22.8 Å². The fourth-order valence-corrected chi connectivity index (χ4v) is 5.23. The number of fused-ring (bicyclic) bond motifs is 1. The fraction of sp³-hybridized carbons (Fsp3) is 0.0769. The maximum absolute atomic E-state index is 4.68. The van der Waals surface area contributed by atoms with Crippen molar-refractivity contribution in [3.63, 3.8) is 0 Å². The van der Waals surface area contributed by atoms with Crippen LogP contribution >= 0.6 is 11.8 Å². The largest absolute Gasteiger partial charge is 0.223 e. The SMILES string of the molecule is c1ccc(CC(Sc2ccccc2)(c2ccccc2)n2nnc3ccccc32)cc1. The molecule has 0 saturated heterocycles. The monoisotopic (exact) mass is 407 g/mol. The number of para-hydroxylation sites is 1. The number of thioether (sulfide) groups is 1. The first-order valence-corrected chi connectivity index (χ1v) is 10.8. The summed E-state index contributed by atoms with van der Waals surface area (Å²) in [5.74, 6) is 0. The summed E-state index contributed by atoms with van der Waals surface area (Å²) in [6.45, 7) is 0. The molecule has 0 saturated carbocycles. The molecule has 0 fully saturated rings. The van der Waals surface area contributed by atoms with E-state index in [4.69, 9.17) is 0 Å². The van der Waals surface area contributed by atoms with Gasteiger partial charge >= 0.3 is 0 Å². The molecule has 0 N–H and O–H groups in total. The zero-order valence-corrected chi connectivity index (χ0v) is 17.2. The van der Waals surface area contributed by atoms with Gasteiger partial charge in [-0.15, -0.1) is 5.10 Å². The Morgan fingerprint density at radius 1 is 0.667 bits per heavy atom. The van der Waals surface area contributed by atoms with E-state index in [1.165, 1.54) is 16.0 Å². The van der Waals surface area contributed by atoms with E-state index < -0.39 is 4.87 Å². The summed E-state index contributed by atoms with van der Waals surface area (Å²) < 4.78 is 2.10. The number of rotatable bonds is 6. The van der Waals surface area contributed by atoms with Crippen LogP contribution in [0.15, 0.2) is 120 Å². The molecule has 1 heterocycles. The Morgan fingerprint density at radius 2 is 1.27 bits per heavy atom. The number of nitrogens with zero attached hydrogens (tertiary/aromatic N) is 3. The Balaban J connectivity index is 1.77. The highest BCUT2D eigenvalue weighted by molar-refractivity contribution is 8.00. The van der Waals surface area contributed by atoms with Gasteiger partial charge in [0.05, 0.1) is 5.52 Å². The maximum atomic E-state index is 4.68. The van der Waals surface area contributed by atoms with Crippen molar-refractivity contribution in [3.8, 4) is 0 Å². The molecule has 1 aromatic heterocycles. The van der Waals surface area contributed by atoms with E-state index in [0.29, 0.717) is 0 Å². The second kappa shape index (κ2) is 8.17. The first-order chi connectivity index (χ1) is 14.9. The molecular formula is C26H21N3S. The van der Waals surface area contributed by atoms with Crippen LogP contribution in [0.2, 0.25) is 0 Å². The van der Waals surface area contributed by atoms with Crippen LogP contribution in [0.25, 0.3) is 11.0 Å². The lowest BCUT2D eigenvalue weighted by Crippen LogP contribution is -2.35. The minimum absolute atomic E-state index is 0.486. The van der Waals surface area contributed by atoms with Gasteiger partial charge in [0, 0.05) is 11.3 Å². The normalized spacial score (nSPS) is 13.2. The Hall–Kier alpha value is -3.37. The predicted octanol–water partition coefficient (Wildman–Crippen LogP) is 6.17. The molecule has 0 radical (unpaired) electrons. The molecule has 0 aliphatic rings. The summed E-state index contributed by atoms with van der Waals surface area (Å²) >= 11 is 1.82. The number of benzene rings is 4. The summed E-state index contributed by atoms with van der Waals surface area (Å²) in [5.41, 5.74) is 4.38. The third-order valence-electron chi connectivity index (χ3n) is 5.24. The molecule has 1 atom stereocenters. The molecule has 4 aromatic carbocycles. The number of aromatic nitrogens is 3. The van der Waals surface area contributed by atoms with E-state index in [1.807, 2.05) is 30.0 Å². The zero-order valence-electron chi connectivity index (χ0n) is 16.4. The second-order valence-electron chi connectivity index (χ2n) is 7.22. The van der Waals surface area contributed by atoms with E-state index in [2.05, 4.69) is 112 Å². The second-order valence-corrected chi connectivity index (χ2v) is 8.57. The molecule has 4 heteroatoms. The van der Waals surface area contributed by atoms with E-state index >= 15 is 0 Å². The van der Waals surface area contributed by atoms with Gasteiger partial charge in [0.25, 0.3) is 0 Å². The molecule has 146 valence electrons. The highest BCUT2D eigenvalue weighted by Crippen LogP contribution is 2.46. The van der Waals surface area contributed by atoms with Crippen LogP contribution in [0.4, 0.5) is 0 Å². The van der Waals surface area contributed by atoms with E-state index in [1.54, 1.807) is 0 Å². The van der Waals surface area contributed by atoms with Crippen molar-refractivity contribution < 1.29 is 0 Å². The summed E-state index contributed by atoms with van der Waals surface area (Å²) in [5, 5.41) is 9.18. The van der Waals surface area contributed by atoms with E-state index in [9.17, 15) is 0 Å². The lowest BCUT2D eigenvalue weighted by molar-refractivity contribution is 0.468. The average Bonchev–Trinajstić information content (AvgIpc) is 3.25. The molecule has 30 heavy (non-hydrogen) atoms. The van der Waals surface area contributed by atoms with Gasteiger partial charge in [-0.2, -0.15) is 0 Å². The third-order valence-corrected chi connectivity index (χ3v) is 6.63. The standard InChI is InChI=1S/C26H21N3S/c1-4-12-21(13-5-1)20-26(22-14-6-2-7-15-22,30-23-16-8-3-9-17-23)29-25-19-11-10-18-24(25)27-28-29/h1-19H,20H2. The zero-order chi connectivity index (χ0) is 20.2. The molecule has 0 aliphatic carbocycles. The first kappa shape index (κ1) is 18.6. The first-order valence-electron chi connectivity index (χ1n) is 10.00. The van der Waals surface area contributed by atoms with Gasteiger partial charge in [-0.1, -0.05) is 108 Å². The average molecular weight is 408 g/mol. The van der Waals surface area contributed by atoms with Crippen molar-refractivity contribution in [3.05, 3.63) is 126 Å². The third kappa shape index (κ3) is 3.51. The number of hydrogen-bond donors (Lipinski definition) is 0. The van der Waals surface area contributed by atoms with Crippen LogP contribution in [-0.2, 0) is 11.3 Å². The highest BCUT2D eigenvalue weighted by atomic mass is 32.2. The molecule has 1 unspecified atom stereocenters. The van der Waals surface area contributed by atoms with Crippen LogP contribution < -0.4 is 0 Å². The Kier molecular flexibility index (Phi) is 5.08. The molecule has 0 spiro atoms. The molecule has 3 nitrogen and oxygen atoms in total. The van der Waals surface area contributed by atoms with E-state index in [-0.39, 0.29) is 0 Å². The van der Waals surface area contributed by atoms with Crippen LogP contribution in [-0.4, -0.2) is 15.0 Å². The molecule has 0 aliphatic heterocycles. The molecule has 0 bridgehead atoms. The van der Waals surface area contributed by atoms with Gasteiger partial charge in [-0.25, -0.2) is 4.68 Å². The number of hydrogen-bond acceptors (Lipinski definition) is 3. The van der Waals surface area contributed by atoms with Crippen LogP contribution in [0.5, 0.6) is 0 Å². The fourth-order valence-electron chi connectivity index (χ4n) is 3.83. The smallest absolute Gasteiger partial charge is 0.144 e. The van der Waals surface area contributed by atoms with Crippen molar-refractivity contribution in [2.75, 3.05) is 0 Å². The highest BCUT2D eigenvalue weighted by Gasteiger charge is 2.38. The van der Waals surface area contributed by atoms with Gasteiger partial charge in [0.2, 0.25) is 0 Å². The van der Waals surface area contributed by atoms with Gasteiger partial charge in [-0.3, -0.25) is 0 Å². The summed E-state index contributed by atoms with van der Waals surface area (Å²) in [7, 11) is 0. The minimum Gasteiger partial charge on any atom is -0.223 e. The summed E-state index contributed by atoms with van der Waals surface area (Å²) in [6.07, 6.45) is 0.783. The quantitative estimate of drug-likeness (QED) is 0.316. The van der Waals surface area contributed by atoms with Crippen molar-refractivity contribution in [2.45, 2.75) is 16.2 Å². The van der Waals surface area contributed by atoms with Gasteiger partial charge in [-0.05, 0) is 35.4 Å². The lowest BCUT2D eigenvalue weighted by atomic mass is 9.97. The summed E-state index contributed by atoms with van der Waals surface area (Å²) in [6, 6.07) is 40.0. The Bertz CT molecular complexity index is 1190. The topological polar surface area (TPSA) is 30.7 Å². The van der Waals surface area contributed by atoms with Crippen molar-refractivity contribution in [1.82, 2.24) is 15.0 Å². The lowest BCUT2D eigenvalue weighted by Gasteiger charge is -2.34. The van der Waals surface area contributed by atoms with Crippen molar-refractivity contribution in [1.29, 1.82) is 0 Å². The van der Waals surface area contributed by atoms with Gasteiger partial charge in [0.1, 0.15) is 10.4 Å². The Labute approximate surface area is 180 Å². The Morgan fingerprint density at radius 3 is 2.00 bits per heavy atom. The van der Waals surface area contributed by atoms with Gasteiger partial charge < -0.3 is 0 Å².